The van der Waals surface area contributed by atoms with E-state index in [1.165, 1.54) is 11.1 Å². The monoisotopic (exact) mass is 442 g/mol. The van der Waals surface area contributed by atoms with Crippen LogP contribution in [0, 0.1) is 12.8 Å². The highest BCUT2D eigenvalue weighted by atomic mass is 32.2. The molecule has 0 aromatic heterocycles. The molecular weight excluding hydrogens is 408 g/mol. The minimum Gasteiger partial charge on any atom is -0.497 e. The molecule has 168 valence electrons. The lowest BCUT2D eigenvalue weighted by Crippen LogP contribution is -2.48. The third kappa shape index (κ3) is 8.29. The van der Waals surface area contributed by atoms with E-state index in [9.17, 15) is 9.59 Å². The molecule has 2 aromatic carbocycles. The van der Waals surface area contributed by atoms with Gasteiger partial charge in [-0.3, -0.25) is 9.59 Å². The maximum absolute atomic E-state index is 13.1. The Morgan fingerprint density at radius 3 is 2.45 bits per heavy atom. The normalized spacial score (nSPS) is 11.8. The van der Waals surface area contributed by atoms with Crippen LogP contribution in [0.5, 0.6) is 5.75 Å². The van der Waals surface area contributed by atoms with Gasteiger partial charge in [0.15, 0.2) is 0 Å². The van der Waals surface area contributed by atoms with E-state index in [1.54, 1.807) is 30.7 Å². The summed E-state index contributed by atoms with van der Waals surface area (Å²) in [6, 6.07) is 15.3. The van der Waals surface area contributed by atoms with E-state index in [0.29, 0.717) is 24.8 Å². The van der Waals surface area contributed by atoms with Crippen molar-refractivity contribution < 1.29 is 14.3 Å². The maximum atomic E-state index is 13.1. The van der Waals surface area contributed by atoms with Crippen LogP contribution in [0.3, 0.4) is 0 Å². The summed E-state index contributed by atoms with van der Waals surface area (Å²) in [6.07, 6.45) is 0. The Morgan fingerprint density at radius 2 is 1.77 bits per heavy atom. The van der Waals surface area contributed by atoms with Crippen LogP contribution in [0.25, 0.3) is 0 Å². The van der Waals surface area contributed by atoms with Gasteiger partial charge in [-0.25, -0.2) is 0 Å². The number of amides is 2. The zero-order chi connectivity index (χ0) is 22.8. The summed E-state index contributed by atoms with van der Waals surface area (Å²) >= 11 is 1.57. The number of nitrogens with one attached hydrogen (secondary N) is 1. The number of carbonyl (C=O) groups is 2. The van der Waals surface area contributed by atoms with Crippen molar-refractivity contribution in [1.29, 1.82) is 0 Å². The molecule has 6 heteroatoms. The van der Waals surface area contributed by atoms with Gasteiger partial charge in [-0.05, 0) is 43.0 Å². The molecule has 31 heavy (non-hydrogen) atoms. The van der Waals surface area contributed by atoms with Gasteiger partial charge in [-0.15, -0.1) is 11.8 Å². The quantitative estimate of drug-likeness (QED) is 0.559. The number of nitrogens with zero attached hydrogens (tertiary/aromatic N) is 1. The molecule has 0 aliphatic carbocycles. The molecular formula is C25H34N2O3S. The molecule has 1 N–H and O–H groups in total. The number of methoxy groups -OCH3 is 1. The Kier molecular flexibility index (Phi) is 9.92. The van der Waals surface area contributed by atoms with Crippen molar-refractivity contribution >= 4 is 23.6 Å². The molecule has 0 aliphatic rings. The number of rotatable bonds is 11. The Labute approximate surface area is 190 Å². The van der Waals surface area contributed by atoms with Crippen molar-refractivity contribution in [3.63, 3.8) is 0 Å². The second kappa shape index (κ2) is 12.4. The summed E-state index contributed by atoms with van der Waals surface area (Å²) in [6.45, 7) is 8.90. The van der Waals surface area contributed by atoms with E-state index in [4.69, 9.17) is 4.74 Å². The second-order valence-corrected chi connectivity index (χ2v) is 9.16. The lowest BCUT2D eigenvalue weighted by atomic mass is 10.1. The first-order chi connectivity index (χ1) is 14.8. The maximum Gasteiger partial charge on any atom is 0.242 e. The van der Waals surface area contributed by atoms with Gasteiger partial charge in [-0.2, -0.15) is 0 Å². The molecule has 0 bridgehead atoms. The molecule has 0 unspecified atom stereocenters. The van der Waals surface area contributed by atoms with Crippen LogP contribution in [-0.4, -0.2) is 42.2 Å². The van der Waals surface area contributed by atoms with Crippen LogP contribution in [0.15, 0.2) is 48.5 Å². The molecule has 0 aliphatic heterocycles. The summed E-state index contributed by atoms with van der Waals surface area (Å²) in [5.74, 6) is 1.98. The molecule has 0 spiro atoms. The predicted molar refractivity (Wildman–Crippen MR) is 128 cm³/mol. The van der Waals surface area contributed by atoms with E-state index in [2.05, 4.69) is 30.4 Å². The van der Waals surface area contributed by atoms with Gasteiger partial charge in [0.1, 0.15) is 11.8 Å². The number of hydrogen-bond acceptors (Lipinski definition) is 4. The summed E-state index contributed by atoms with van der Waals surface area (Å²) in [7, 11) is 1.62. The first-order valence-electron chi connectivity index (χ1n) is 10.6. The van der Waals surface area contributed by atoms with E-state index >= 15 is 0 Å². The van der Waals surface area contributed by atoms with Crippen LogP contribution in [0.1, 0.15) is 37.5 Å². The fourth-order valence-electron chi connectivity index (χ4n) is 3.14. The third-order valence-corrected chi connectivity index (χ3v) is 5.90. The number of hydrogen-bond donors (Lipinski definition) is 1. The van der Waals surface area contributed by atoms with Crippen molar-refractivity contribution in [1.82, 2.24) is 10.2 Å². The largest absolute Gasteiger partial charge is 0.497 e. The van der Waals surface area contributed by atoms with Crippen molar-refractivity contribution in [2.45, 2.75) is 46.0 Å². The second-order valence-electron chi connectivity index (χ2n) is 8.17. The van der Waals surface area contributed by atoms with Gasteiger partial charge in [0.25, 0.3) is 0 Å². The standard InChI is InChI=1S/C25H34N2O3S/c1-18(2)14-26-25(29)20(4)27(15-21-9-7-11-23(13-21)30-5)24(28)17-31-16-22-10-6-8-19(3)12-22/h6-13,18,20H,14-17H2,1-5H3,(H,26,29)/t20-/m0/s1. The molecule has 2 rings (SSSR count). The van der Waals surface area contributed by atoms with Crippen LogP contribution >= 0.6 is 11.8 Å². The van der Waals surface area contributed by atoms with E-state index in [0.717, 1.165) is 17.1 Å². The van der Waals surface area contributed by atoms with Gasteiger partial charge in [0, 0.05) is 18.8 Å². The summed E-state index contributed by atoms with van der Waals surface area (Å²) in [5.41, 5.74) is 3.33. The van der Waals surface area contributed by atoms with E-state index in [1.807, 2.05) is 44.2 Å². The minimum atomic E-state index is -0.558. The molecule has 5 nitrogen and oxygen atoms in total. The van der Waals surface area contributed by atoms with Crippen molar-refractivity contribution in [3.05, 3.63) is 65.2 Å². The predicted octanol–water partition coefficient (Wildman–Crippen LogP) is 4.43. The summed E-state index contributed by atoms with van der Waals surface area (Å²) < 4.78 is 5.31. The molecule has 0 radical (unpaired) electrons. The van der Waals surface area contributed by atoms with Crippen molar-refractivity contribution in [3.8, 4) is 5.75 Å². The Bertz CT molecular complexity index is 869. The number of ether oxygens (including phenoxy) is 1. The van der Waals surface area contributed by atoms with Crippen LogP contribution in [0.2, 0.25) is 0 Å². The Morgan fingerprint density at radius 1 is 1.06 bits per heavy atom. The number of aryl methyl sites for hydroxylation is 1. The SMILES string of the molecule is COc1cccc(CN(C(=O)CSCc2cccc(C)c2)[C@@H](C)C(=O)NCC(C)C)c1. The third-order valence-electron chi connectivity index (χ3n) is 4.92. The Balaban J connectivity index is 2.08. The van der Waals surface area contributed by atoms with Crippen molar-refractivity contribution in [2.75, 3.05) is 19.4 Å². The number of benzene rings is 2. The highest BCUT2D eigenvalue weighted by Crippen LogP contribution is 2.19. The molecule has 0 saturated heterocycles. The average Bonchev–Trinajstić information content (AvgIpc) is 2.75. The molecule has 0 heterocycles. The highest BCUT2D eigenvalue weighted by Gasteiger charge is 2.26. The zero-order valence-corrected chi connectivity index (χ0v) is 20.0. The minimum absolute atomic E-state index is 0.0485. The smallest absolute Gasteiger partial charge is 0.242 e. The van der Waals surface area contributed by atoms with Crippen LogP contribution in [-0.2, 0) is 21.9 Å². The van der Waals surface area contributed by atoms with Crippen LogP contribution in [0.4, 0.5) is 0 Å². The topological polar surface area (TPSA) is 58.6 Å². The van der Waals surface area contributed by atoms with Gasteiger partial charge >= 0.3 is 0 Å². The van der Waals surface area contributed by atoms with Crippen molar-refractivity contribution in [2.24, 2.45) is 5.92 Å². The number of carbonyl (C=O) groups excluding carboxylic acids is 2. The van der Waals surface area contributed by atoms with Crippen LogP contribution < -0.4 is 10.1 Å². The van der Waals surface area contributed by atoms with E-state index < -0.39 is 6.04 Å². The summed E-state index contributed by atoms with van der Waals surface area (Å²) in [4.78, 5) is 27.5. The lowest BCUT2D eigenvalue weighted by molar-refractivity contribution is -0.138. The molecule has 0 fully saturated rings. The molecule has 2 amide bonds. The average molecular weight is 443 g/mol. The first kappa shape index (κ1) is 24.8. The van der Waals surface area contributed by atoms with E-state index in [-0.39, 0.29) is 11.8 Å². The molecule has 2 aromatic rings. The van der Waals surface area contributed by atoms with Gasteiger partial charge in [-0.1, -0.05) is 55.8 Å². The van der Waals surface area contributed by atoms with Gasteiger partial charge < -0.3 is 15.0 Å². The summed E-state index contributed by atoms with van der Waals surface area (Å²) in [5, 5.41) is 2.95. The molecule has 1 atom stereocenters. The number of thioether (sulfide) groups is 1. The van der Waals surface area contributed by atoms with Gasteiger partial charge in [0.2, 0.25) is 11.8 Å². The van der Waals surface area contributed by atoms with Gasteiger partial charge in [0.05, 0.1) is 12.9 Å². The fourth-order valence-corrected chi connectivity index (χ4v) is 4.00. The fraction of sp³-hybridized carbons (Fsp3) is 0.440. The first-order valence-corrected chi connectivity index (χ1v) is 11.8. The lowest BCUT2D eigenvalue weighted by Gasteiger charge is -2.29. The Hall–Kier alpha value is -2.47. The molecule has 0 saturated carbocycles. The highest BCUT2D eigenvalue weighted by molar-refractivity contribution is 7.99. The zero-order valence-electron chi connectivity index (χ0n) is 19.2.